The number of alkyl halides is 14. The predicted molar refractivity (Wildman–Crippen MR) is 189 cm³/mol. The Balaban J connectivity index is 0.892. The molecule has 10 nitrogen and oxygen atoms in total. The summed E-state index contributed by atoms with van der Waals surface area (Å²) in [4.78, 5) is 13.6. The van der Waals surface area contributed by atoms with Gasteiger partial charge in [-0.05, 0) is 35.4 Å². The van der Waals surface area contributed by atoms with E-state index in [9.17, 15) is 87.8 Å². The Bertz CT molecular complexity index is 2860. The Labute approximate surface area is 372 Å². The van der Waals surface area contributed by atoms with E-state index < -0.39 is 153 Å². The first-order valence-corrected chi connectivity index (χ1v) is 18.4. The van der Waals surface area contributed by atoms with E-state index >= 15 is 0 Å². The lowest BCUT2D eigenvalue weighted by molar-refractivity contribution is -0.372. The minimum atomic E-state index is -6.92. The van der Waals surface area contributed by atoms with Crippen molar-refractivity contribution in [3.8, 4) is 80.3 Å². The number of nitrogens with zero attached hydrogens (tertiary/aromatic N) is 4. The van der Waals surface area contributed by atoms with E-state index in [1.54, 1.807) is 0 Å². The quantitative estimate of drug-likeness (QED) is 0.0918. The van der Waals surface area contributed by atoms with Gasteiger partial charge in [0, 0.05) is 35.9 Å². The number of ether oxygens (including phenoxy) is 6. The highest BCUT2D eigenvalue weighted by atomic mass is 19.4. The van der Waals surface area contributed by atoms with Crippen LogP contribution in [0.4, 0.5) is 87.8 Å². The third kappa shape index (κ3) is 8.19. The molecular formula is C40H14F20N4O6. The van der Waals surface area contributed by atoms with Crippen LogP contribution < -0.4 is 28.4 Å². The molecule has 0 N–H and O–H groups in total. The van der Waals surface area contributed by atoms with Gasteiger partial charge in [-0.2, -0.15) is 70.2 Å². The second-order valence-corrected chi connectivity index (χ2v) is 14.3. The monoisotopic (exact) mass is 1030 g/mol. The average Bonchev–Trinajstić information content (AvgIpc) is 3.29. The van der Waals surface area contributed by atoms with Crippen LogP contribution in [0.5, 0.6) is 58.0 Å². The minimum Gasteiger partial charge on any atom is -0.457 e. The normalized spacial score (nSPS) is 13.7. The Morgan fingerprint density at radius 3 is 0.986 bits per heavy atom. The highest BCUT2D eigenvalue weighted by Gasteiger charge is 2.81. The third-order valence-electron chi connectivity index (χ3n) is 9.78. The molecule has 0 radical (unpaired) electrons. The SMILES string of the molecule is Fc1c(F)c(C(F)(F)F)c(F)c2c1Oc1cc(-c3cnc(OCC(F)(F)C(F)(F)C(F)(F)C(F)(F)COc4ncc(-c5ccc6c(c5)Oc5c(F)c(F)c(C(F)(F)F)c(F)c5O6)cn4)nc3)ccc1O2. The molecule has 2 aliphatic rings. The van der Waals surface area contributed by atoms with Gasteiger partial charge in [0.25, 0.3) is 0 Å². The summed E-state index contributed by atoms with van der Waals surface area (Å²) < 4.78 is 311. The van der Waals surface area contributed by atoms with Crippen LogP contribution in [0.2, 0.25) is 0 Å². The molecule has 2 aromatic heterocycles. The van der Waals surface area contributed by atoms with Gasteiger partial charge in [0.2, 0.25) is 34.6 Å². The molecule has 70 heavy (non-hydrogen) atoms. The summed E-state index contributed by atoms with van der Waals surface area (Å²) in [5.74, 6) is -48.5. The molecular weight excluding hydrogens is 1010 g/mol. The summed E-state index contributed by atoms with van der Waals surface area (Å²) in [6.07, 6.45) is -8.51. The maximum atomic E-state index is 14.7. The molecule has 8 rings (SSSR count). The maximum Gasteiger partial charge on any atom is 0.422 e. The second-order valence-electron chi connectivity index (χ2n) is 14.3. The lowest BCUT2D eigenvalue weighted by Crippen LogP contribution is -2.65. The van der Waals surface area contributed by atoms with Gasteiger partial charge in [-0.1, -0.05) is 12.1 Å². The number of benzene rings is 4. The predicted octanol–water partition coefficient (Wildman–Crippen LogP) is 13.3. The Morgan fingerprint density at radius 1 is 0.371 bits per heavy atom. The number of fused-ring (bicyclic) bond motifs is 4. The second kappa shape index (κ2) is 16.6. The fourth-order valence-electron chi connectivity index (χ4n) is 6.27. The summed E-state index contributed by atoms with van der Waals surface area (Å²) in [6, 6.07) is 3.44. The molecule has 0 aliphatic carbocycles. The van der Waals surface area contributed by atoms with Crippen LogP contribution in [-0.2, 0) is 12.4 Å². The van der Waals surface area contributed by atoms with E-state index in [4.69, 9.17) is 18.9 Å². The van der Waals surface area contributed by atoms with Crippen molar-refractivity contribution >= 4 is 0 Å². The van der Waals surface area contributed by atoms with Gasteiger partial charge >= 0.3 is 48.1 Å². The summed E-state index contributed by atoms with van der Waals surface area (Å²) >= 11 is 0. The molecule has 0 saturated heterocycles. The van der Waals surface area contributed by atoms with E-state index in [2.05, 4.69) is 29.4 Å². The van der Waals surface area contributed by atoms with Gasteiger partial charge in [0.1, 0.15) is 11.1 Å². The van der Waals surface area contributed by atoms with Crippen LogP contribution >= 0.6 is 0 Å². The van der Waals surface area contributed by atoms with E-state index in [-0.39, 0.29) is 22.3 Å². The summed E-state index contributed by atoms with van der Waals surface area (Å²) in [7, 11) is 0. The lowest BCUT2D eigenvalue weighted by Gasteiger charge is -2.36. The van der Waals surface area contributed by atoms with Gasteiger partial charge in [0.05, 0.1) is 0 Å². The van der Waals surface area contributed by atoms with Crippen LogP contribution in [0.25, 0.3) is 22.3 Å². The zero-order valence-corrected chi connectivity index (χ0v) is 33.0. The number of hydrogen-bond donors (Lipinski definition) is 0. The molecule has 0 saturated carbocycles. The molecule has 4 aromatic carbocycles. The van der Waals surface area contributed by atoms with E-state index in [1.165, 1.54) is 0 Å². The molecule has 2 aliphatic heterocycles. The first-order chi connectivity index (χ1) is 32.4. The van der Waals surface area contributed by atoms with Crippen LogP contribution in [-0.4, -0.2) is 56.8 Å². The van der Waals surface area contributed by atoms with Crippen LogP contribution in [0.1, 0.15) is 11.1 Å². The molecule has 0 unspecified atom stereocenters. The van der Waals surface area contributed by atoms with Crippen molar-refractivity contribution < 1.29 is 116 Å². The van der Waals surface area contributed by atoms with Crippen LogP contribution in [0.15, 0.2) is 61.2 Å². The van der Waals surface area contributed by atoms with Crippen molar-refractivity contribution in [3.63, 3.8) is 0 Å². The van der Waals surface area contributed by atoms with E-state index in [0.717, 1.165) is 36.4 Å². The Kier molecular flexibility index (Phi) is 11.6. The zero-order valence-electron chi connectivity index (χ0n) is 33.0. The number of hydrogen-bond acceptors (Lipinski definition) is 10. The van der Waals surface area contributed by atoms with E-state index in [0.29, 0.717) is 24.8 Å². The van der Waals surface area contributed by atoms with Gasteiger partial charge in [-0.25, -0.2) is 37.5 Å². The van der Waals surface area contributed by atoms with Crippen molar-refractivity contribution in [2.75, 3.05) is 13.2 Å². The molecule has 6 aromatic rings. The number of halogens is 20. The van der Waals surface area contributed by atoms with Crippen molar-refractivity contribution in [2.45, 2.75) is 36.0 Å². The van der Waals surface area contributed by atoms with E-state index in [1.807, 2.05) is 0 Å². The number of aromatic nitrogens is 4. The highest BCUT2D eigenvalue weighted by Crippen LogP contribution is 2.55. The smallest absolute Gasteiger partial charge is 0.422 e. The van der Waals surface area contributed by atoms with Crippen molar-refractivity contribution in [1.29, 1.82) is 0 Å². The Morgan fingerprint density at radius 2 is 0.671 bits per heavy atom. The van der Waals surface area contributed by atoms with Gasteiger partial charge in [-0.15, -0.1) is 0 Å². The van der Waals surface area contributed by atoms with Gasteiger partial charge in [-0.3, -0.25) is 0 Å². The molecule has 4 heterocycles. The minimum absolute atomic E-state index is 0.0732. The lowest BCUT2D eigenvalue weighted by atomic mass is 9.99. The van der Waals surface area contributed by atoms with Gasteiger partial charge < -0.3 is 28.4 Å². The molecule has 30 heteroatoms. The highest BCUT2D eigenvalue weighted by molar-refractivity contribution is 5.70. The van der Waals surface area contributed by atoms with Crippen LogP contribution in [0, 0.1) is 34.9 Å². The first-order valence-electron chi connectivity index (χ1n) is 18.4. The largest absolute Gasteiger partial charge is 0.457 e. The fraction of sp³-hybridized carbons (Fsp3) is 0.200. The van der Waals surface area contributed by atoms with Crippen LogP contribution in [0.3, 0.4) is 0 Å². The molecule has 370 valence electrons. The zero-order chi connectivity index (χ0) is 51.3. The topological polar surface area (TPSA) is 107 Å². The molecule has 0 bridgehead atoms. The van der Waals surface area contributed by atoms with Gasteiger partial charge in [0.15, 0.2) is 59.5 Å². The standard InChI is InChI=1S/C40H14F20N4O6/c41-23-21(37(51,52)53)25(43)29-31(27(23)45)69-19-5-13(1-3-17(19)67-29)15-7-61-33(62-8-15)65-11-35(47,48)39(57,58)40(59,60)36(49,50)12-66-34-63-9-16(10-64-34)14-2-4-18-20(6-14)70-32-28(46)24(42)22(38(54,55)56)26(44)30(32)68-18/h1-10H,11-12H2. The fourth-order valence-corrected chi connectivity index (χ4v) is 6.27. The first kappa shape index (κ1) is 48.9. The third-order valence-corrected chi connectivity index (χ3v) is 9.78. The summed E-state index contributed by atoms with van der Waals surface area (Å²) in [5, 5.41) is 0. The average molecular weight is 1030 g/mol. The molecule has 0 atom stereocenters. The van der Waals surface area contributed by atoms with Crippen molar-refractivity contribution in [2.24, 2.45) is 0 Å². The molecule has 0 amide bonds. The molecule has 0 fully saturated rings. The Hall–Kier alpha value is -7.56. The summed E-state index contributed by atoms with van der Waals surface area (Å²) in [6.45, 7) is -5.49. The maximum absolute atomic E-state index is 14.7. The molecule has 0 spiro atoms. The summed E-state index contributed by atoms with van der Waals surface area (Å²) in [5.41, 5.74) is -5.67. The number of rotatable bonds is 11. The van der Waals surface area contributed by atoms with Crippen molar-refractivity contribution in [3.05, 3.63) is 107 Å². The van der Waals surface area contributed by atoms with Crippen molar-refractivity contribution in [1.82, 2.24) is 19.9 Å².